The van der Waals surface area contributed by atoms with Gasteiger partial charge < -0.3 is 15.1 Å². The van der Waals surface area contributed by atoms with Crippen LogP contribution in [0.5, 0.6) is 0 Å². The van der Waals surface area contributed by atoms with Crippen molar-refractivity contribution in [3.05, 3.63) is 23.9 Å². The Labute approximate surface area is 132 Å². The normalized spacial score (nSPS) is 25.5. The summed E-state index contributed by atoms with van der Waals surface area (Å²) in [5.74, 6) is 1.79. The highest BCUT2D eigenvalue weighted by Gasteiger charge is 2.25. The van der Waals surface area contributed by atoms with Gasteiger partial charge in [0.25, 0.3) is 5.91 Å². The third-order valence-corrected chi connectivity index (χ3v) is 4.86. The first-order chi connectivity index (χ1) is 10.7. The molecule has 2 fully saturated rings. The maximum Gasteiger partial charge on any atom is 0.254 e. The van der Waals surface area contributed by atoms with Crippen molar-refractivity contribution in [3.63, 3.8) is 0 Å². The quantitative estimate of drug-likeness (QED) is 0.924. The molecule has 1 amide bonds. The van der Waals surface area contributed by atoms with Crippen molar-refractivity contribution in [3.8, 4) is 0 Å². The number of rotatable bonds is 3. The standard InChI is InChI=1S/C17H26N4O/c1-13-6-9-20(11-13)16-10-14(5-7-19-16)17(22)21-8-3-4-15(12-21)18-2/h5,7,10,13,15,18H,3-4,6,8-9,11-12H2,1-2H3. The van der Waals surface area contributed by atoms with E-state index in [4.69, 9.17) is 0 Å². The number of aromatic nitrogens is 1. The van der Waals surface area contributed by atoms with Gasteiger partial charge in [-0.15, -0.1) is 0 Å². The first-order valence-corrected chi connectivity index (χ1v) is 8.35. The third kappa shape index (κ3) is 3.24. The molecule has 2 unspecified atom stereocenters. The van der Waals surface area contributed by atoms with Gasteiger partial charge in [-0.25, -0.2) is 4.98 Å². The van der Waals surface area contributed by atoms with E-state index in [0.29, 0.717) is 12.0 Å². The fourth-order valence-electron chi connectivity index (χ4n) is 3.45. The Morgan fingerprint density at radius 3 is 2.91 bits per heavy atom. The average molecular weight is 302 g/mol. The van der Waals surface area contributed by atoms with Gasteiger partial charge in [-0.05, 0) is 44.4 Å². The Kier molecular flexibility index (Phi) is 4.62. The van der Waals surface area contributed by atoms with E-state index in [1.165, 1.54) is 6.42 Å². The minimum Gasteiger partial charge on any atom is -0.356 e. The van der Waals surface area contributed by atoms with Gasteiger partial charge in [-0.1, -0.05) is 6.92 Å². The molecule has 1 aromatic heterocycles. The van der Waals surface area contributed by atoms with Gasteiger partial charge in [0.1, 0.15) is 5.82 Å². The number of likely N-dealkylation sites (tertiary alicyclic amines) is 1. The summed E-state index contributed by atoms with van der Waals surface area (Å²) in [7, 11) is 1.97. The molecular weight excluding hydrogens is 276 g/mol. The molecule has 1 N–H and O–H groups in total. The Hall–Kier alpha value is -1.62. The lowest BCUT2D eigenvalue weighted by Crippen LogP contribution is -2.47. The number of piperidine rings is 1. The second-order valence-corrected chi connectivity index (χ2v) is 6.62. The monoisotopic (exact) mass is 302 g/mol. The lowest BCUT2D eigenvalue weighted by atomic mass is 10.0. The SMILES string of the molecule is CNC1CCCN(C(=O)c2ccnc(N3CCC(C)C3)c2)C1. The van der Waals surface area contributed by atoms with Crippen LogP contribution < -0.4 is 10.2 Å². The molecule has 1 aromatic rings. The fraction of sp³-hybridized carbons (Fsp3) is 0.647. The summed E-state index contributed by atoms with van der Waals surface area (Å²) in [5.41, 5.74) is 0.765. The molecule has 3 rings (SSSR count). The van der Waals surface area contributed by atoms with E-state index in [2.05, 4.69) is 22.1 Å². The Bertz CT molecular complexity index is 533. The Balaban J connectivity index is 1.72. The van der Waals surface area contributed by atoms with Crippen LogP contribution in [0.3, 0.4) is 0 Å². The topological polar surface area (TPSA) is 48.5 Å². The molecule has 0 spiro atoms. The van der Waals surface area contributed by atoms with Gasteiger partial charge in [0.05, 0.1) is 0 Å². The van der Waals surface area contributed by atoms with Crippen LogP contribution in [0, 0.1) is 5.92 Å². The maximum absolute atomic E-state index is 12.7. The van der Waals surface area contributed by atoms with E-state index in [1.807, 2.05) is 24.1 Å². The highest BCUT2D eigenvalue weighted by Crippen LogP contribution is 2.23. The zero-order valence-corrected chi connectivity index (χ0v) is 13.6. The largest absolute Gasteiger partial charge is 0.356 e. The highest BCUT2D eigenvalue weighted by molar-refractivity contribution is 5.95. The summed E-state index contributed by atoms with van der Waals surface area (Å²) in [6.45, 7) is 6.00. The summed E-state index contributed by atoms with van der Waals surface area (Å²) >= 11 is 0. The molecule has 2 aliphatic rings. The summed E-state index contributed by atoms with van der Waals surface area (Å²) in [5, 5.41) is 3.29. The number of anilines is 1. The number of nitrogens with one attached hydrogen (secondary N) is 1. The molecule has 2 saturated heterocycles. The molecule has 0 aliphatic carbocycles. The number of nitrogens with zero attached hydrogens (tertiary/aromatic N) is 3. The predicted octanol–water partition coefficient (Wildman–Crippen LogP) is 1.75. The second kappa shape index (κ2) is 6.65. The average Bonchev–Trinajstić information content (AvgIpc) is 3.01. The van der Waals surface area contributed by atoms with E-state index in [0.717, 1.165) is 50.4 Å². The first kappa shape index (κ1) is 15.3. The van der Waals surface area contributed by atoms with Crippen LogP contribution in [0.4, 0.5) is 5.82 Å². The number of carbonyl (C=O) groups excluding carboxylic acids is 1. The van der Waals surface area contributed by atoms with Crippen molar-refractivity contribution in [2.75, 3.05) is 38.1 Å². The molecule has 120 valence electrons. The fourth-order valence-corrected chi connectivity index (χ4v) is 3.45. The highest BCUT2D eigenvalue weighted by atomic mass is 16.2. The van der Waals surface area contributed by atoms with Crippen molar-refractivity contribution in [1.29, 1.82) is 0 Å². The lowest BCUT2D eigenvalue weighted by molar-refractivity contribution is 0.0698. The molecule has 5 heteroatoms. The van der Waals surface area contributed by atoms with Crippen LogP contribution >= 0.6 is 0 Å². The van der Waals surface area contributed by atoms with Crippen LogP contribution in [0.2, 0.25) is 0 Å². The zero-order valence-electron chi connectivity index (χ0n) is 13.6. The van der Waals surface area contributed by atoms with Crippen LogP contribution in [0.1, 0.15) is 36.5 Å². The van der Waals surface area contributed by atoms with Gasteiger partial charge >= 0.3 is 0 Å². The molecule has 5 nitrogen and oxygen atoms in total. The van der Waals surface area contributed by atoms with E-state index >= 15 is 0 Å². The van der Waals surface area contributed by atoms with Crippen LogP contribution in [0.15, 0.2) is 18.3 Å². The molecule has 0 saturated carbocycles. The molecule has 0 aromatic carbocycles. The van der Waals surface area contributed by atoms with Crippen molar-refractivity contribution in [2.45, 2.75) is 32.2 Å². The van der Waals surface area contributed by atoms with Gasteiger partial charge in [0.15, 0.2) is 0 Å². The summed E-state index contributed by atoms with van der Waals surface area (Å²) in [4.78, 5) is 21.5. The van der Waals surface area contributed by atoms with Crippen molar-refractivity contribution in [1.82, 2.24) is 15.2 Å². The van der Waals surface area contributed by atoms with Gasteiger partial charge in [-0.2, -0.15) is 0 Å². The molecule has 22 heavy (non-hydrogen) atoms. The minimum atomic E-state index is 0.135. The molecular formula is C17H26N4O. The van der Waals surface area contributed by atoms with E-state index in [1.54, 1.807) is 6.20 Å². The number of hydrogen-bond donors (Lipinski definition) is 1. The van der Waals surface area contributed by atoms with Crippen molar-refractivity contribution >= 4 is 11.7 Å². The number of amides is 1. The summed E-state index contributed by atoms with van der Waals surface area (Å²) in [6, 6.07) is 4.22. The second-order valence-electron chi connectivity index (χ2n) is 6.62. The van der Waals surface area contributed by atoms with E-state index < -0.39 is 0 Å². The molecule has 0 bridgehead atoms. The molecule has 2 atom stereocenters. The van der Waals surface area contributed by atoms with Gasteiger partial charge in [0.2, 0.25) is 0 Å². The minimum absolute atomic E-state index is 0.135. The number of carbonyl (C=O) groups is 1. The Morgan fingerprint density at radius 2 is 2.18 bits per heavy atom. The Morgan fingerprint density at radius 1 is 1.32 bits per heavy atom. The number of hydrogen-bond acceptors (Lipinski definition) is 4. The van der Waals surface area contributed by atoms with Gasteiger partial charge in [0, 0.05) is 44.0 Å². The van der Waals surface area contributed by atoms with Crippen molar-refractivity contribution < 1.29 is 4.79 Å². The zero-order chi connectivity index (χ0) is 15.5. The molecule has 0 radical (unpaired) electrons. The van der Waals surface area contributed by atoms with Crippen LogP contribution in [0.25, 0.3) is 0 Å². The number of pyridine rings is 1. The molecule has 2 aliphatic heterocycles. The first-order valence-electron chi connectivity index (χ1n) is 8.35. The summed E-state index contributed by atoms with van der Waals surface area (Å²) < 4.78 is 0. The van der Waals surface area contributed by atoms with Crippen LogP contribution in [-0.2, 0) is 0 Å². The predicted molar refractivity (Wildman–Crippen MR) is 88.2 cm³/mol. The lowest BCUT2D eigenvalue weighted by Gasteiger charge is -2.32. The maximum atomic E-state index is 12.7. The molecule has 3 heterocycles. The van der Waals surface area contributed by atoms with E-state index in [9.17, 15) is 4.79 Å². The van der Waals surface area contributed by atoms with Gasteiger partial charge in [-0.3, -0.25) is 4.79 Å². The smallest absolute Gasteiger partial charge is 0.254 e. The van der Waals surface area contributed by atoms with Crippen LogP contribution in [-0.4, -0.2) is 55.1 Å². The van der Waals surface area contributed by atoms with E-state index in [-0.39, 0.29) is 5.91 Å². The number of likely N-dealkylation sites (N-methyl/N-ethyl adjacent to an activating group) is 1. The van der Waals surface area contributed by atoms with Crippen molar-refractivity contribution in [2.24, 2.45) is 5.92 Å². The third-order valence-electron chi connectivity index (χ3n) is 4.86. The summed E-state index contributed by atoms with van der Waals surface area (Å²) in [6.07, 6.45) is 5.19.